The highest BCUT2D eigenvalue weighted by molar-refractivity contribution is 7.80. The summed E-state index contributed by atoms with van der Waals surface area (Å²) >= 11 is 4.81. The Morgan fingerprint density at radius 2 is 2.12 bits per heavy atom. The van der Waals surface area contributed by atoms with Gasteiger partial charge in [-0.05, 0) is 12.3 Å². The number of amides is 1. The van der Waals surface area contributed by atoms with Gasteiger partial charge in [-0.3, -0.25) is 4.79 Å². The Morgan fingerprint density at radius 1 is 1.50 bits per heavy atom. The summed E-state index contributed by atoms with van der Waals surface area (Å²) in [7, 11) is 0. The molecular formula is C11H22N2O2S. The Labute approximate surface area is 103 Å². The lowest BCUT2D eigenvalue weighted by molar-refractivity contribution is -0.123. The first kappa shape index (κ1) is 15.3. The summed E-state index contributed by atoms with van der Waals surface area (Å²) < 4.78 is 5.34. The normalized spacial score (nSPS) is 12.5. The highest BCUT2D eigenvalue weighted by Gasteiger charge is 2.18. The van der Waals surface area contributed by atoms with E-state index in [-0.39, 0.29) is 16.8 Å². The van der Waals surface area contributed by atoms with Crippen LogP contribution >= 0.6 is 12.2 Å². The van der Waals surface area contributed by atoms with Crippen LogP contribution in [0.3, 0.4) is 0 Å². The third-order valence-electron chi connectivity index (χ3n) is 2.06. The van der Waals surface area contributed by atoms with Crippen LogP contribution in [0.25, 0.3) is 0 Å². The van der Waals surface area contributed by atoms with Crippen LogP contribution in [0.2, 0.25) is 0 Å². The molecule has 0 aliphatic heterocycles. The average Bonchev–Trinajstić information content (AvgIpc) is 2.17. The molecule has 1 unspecified atom stereocenters. The lowest BCUT2D eigenvalue weighted by Gasteiger charge is -2.13. The molecule has 0 aromatic heterocycles. The van der Waals surface area contributed by atoms with E-state index in [1.54, 1.807) is 0 Å². The van der Waals surface area contributed by atoms with Gasteiger partial charge in [-0.15, -0.1) is 0 Å². The molecule has 1 atom stereocenters. The van der Waals surface area contributed by atoms with Crippen molar-refractivity contribution < 1.29 is 9.53 Å². The second-order valence-corrected chi connectivity index (χ2v) is 4.59. The van der Waals surface area contributed by atoms with Crippen molar-refractivity contribution in [3.8, 4) is 0 Å². The molecule has 0 heterocycles. The number of rotatable bonds is 8. The van der Waals surface area contributed by atoms with Crippen LogP contribution in [-0.2, 0) is 9.53 Å². The minimum atomic E-state index is -0.361. The Hall–Kier alpha value is -0.680. The van der Waals surface area contributed by atoms with Gasteiger partial charge in [-0.1, -0.05) is 33.0 Å². The van der Waals surface area contributed by atoms with E-state index in [4.69, 9.17) is 22.7 Å². The highest BCUT2D eigenvalue weighted by Crippen LogP contribution is 2.02. The second kappa shape index (κ2) is 8.47. The SMILES string of the molecule is CCC(C(=O)NCCOCC(C)C)C(N)=S. The van der Waals surface area contributed by atoms with Gasteiger partial charge in [0, 0.05) is 13.2 Å². The van der Waals surface area contributed by atoms with Crippen LogP contribution in [0.5, 0.6) is 0 Å². The summed E-state index contributed by atoms with van der Waals surface area (Å²) in [5, 5.41) is 2.76. The van der Waals surface area contributed by atoms with E-state index in [1.807, 2.05) is 6.92 Å². The van der Waals surface area contributed by atoms with Gasteiger partial charge in [-0.2, -0.15) is 0 Å². The van der Waals surface area contributed by atoms with Gasteiger partial charge in [-0.25, -0.2) is 0 Å². The average molecular weight is 246 g/mol. The van der Waals surface area contributed by atoms with Crippen LogP contribution in [0.1, 0.15) is 27.2 Å². The number of ether oxygens (including phenoxy) is 1. The maximum Gasteiger partial charge on any atom is 0.230 e. The third kappa shape index (κ3) is 6.74. The van der Waals surface area contributed by atoms with Crippen molar-refractivity contribution in [2.45, 2.75) is 27.2 Å². The van der Waals surface area contributed by atoms with E-state index in [2.05, 4.69) is 19.2 Å². The molecule has 0 saturated heterocycles. The fourth-order valence-electron chi connectivity index (χ4n) is 1.20. The number of nitrogens with one attached hydrogen (secondary N) is 1. The Kier molecular flexibility index (Phi) is 8.11. The molecule has 5 heteroatoms. The zero-order valence-corrected chi connectivity index (χ0v) is 11.1. The van der Waals surface area contributed by atoms with Crippen LogP contribution in [-0.4, -0.2) is 30.7 Å². The van der Waals surface area contributed by atoms with E-state index in [1.165, 1.54) is 0 Å². The van der Waals surface area contributed by atoms with E-state index in [9.17, 15) is 4.79 Å². The van der Waals surface area contributed by atoms with Crippen molar-refractivity contribution in [1.29, 1.82) is 0 Å². The number of carbonyl (C=O) groups is 1. The van der Waals surface area contributed by atoms with Crippen molar-refractivity contribution in [3.05, 3.63) is 0 Å². The first-order chi connectivity index (χ1) is 7.49. The number of nitrogens with two attached hydrogens (primary N) is 1. The Bertz CT molecular complexity index is 232. The molecule has 0 spiro atoms. The maximum atomic E-state index is 11.6. The Balaban J connectivity index is 3.68. The molecule has 0 bridgehead atoms. The summed E-state index contributed by atoms with van der Waals surface area (Å²) in [5.74, 6) is 0.0407. The minimum absolute atomic E-state index is 0.108. The third-order valence-corrected chi connectivity index (χ3v) is 2.35. The van der Waals surface area contributed by atoms with Crippen LogP contribution < -0.4 is 11.1 Å². The summed E-state index contributed by atoms with van der Waals surface area (Å²) in [5.41, 5.74) is 5.46. The molecule has 0 rings (SSSR count). The van der Waals surface area contributed by atoms with E-state index in [0.717, 1.165) is 0 Å². The number of hydrogen-bond donors (Lipinski definition) is 2. The molecule has 16 heavy (non-hydrogen) atoms. The smallest absolute Gasteiger partial charge is 0.230 e. The van der Waals surface area contributed by atoms with Gasteiger partial charge < -0.3 is 15.8 Å². The Morgan fingerprint density at radius 3 is 2.56 bits per heavy atom. The molecule has 0 aromatic carbocycles. The van der Waals surface area contributed by atoms with Gasteiger partial charge in [0.25, 0.3) is 0 Å². The van der Waals surface area contributed by atoms with Gasteiger partial charge in [0.2, 0.25) is 5.91 Å². The lowest BCUT2D eigenvalue weighted by atomic mass is 10.1. The topological polar surface area (TPSA) is 64.3 Å². The predicted molar refractivity (Wildman–Crippen MR) is 69.2 cm³/mol. The van der Waals surface area contributed by atoms with Gasteiger partial charge in [0.1, 0.15) is 0 Å². The van der Waals surface area contributed by atoms with Gasteiger partial charge in [0.15, 0.2) is 0 Å². The quantitative estimate of drug-likeness (QED) is 0.497. The molecule has 0 aromatic rings. The molecule has 94 valence electrons. The lowest BCUT2D eigenvalue weighted by Crippen LogP contribution is -2.38. The summed E-state index contributed by atoms with van der Waals surface area (Å²) in [4.78, 5) is 11.8. The van der Waals surface area contributed by atoms with Crippen molar-refractivity contribution in [2.75, 3.05) is 19.8 Å². The number of hydrogen-bond acceptors (Lipinski definition) is 3. The fourth-order valence-corrected chi connectivity index (χ4v) is 1.48. The minimum Gasteiger partial charge on any atom is -0.393 e. The van der Waals surface area contributed by atoms with E-state index < -0.39 is 0 Å². The van der Waals surface area contributed by atoms with Crippen LogP contribution in [0, 0.1) is 11.8 Å². The molecular weight excluding hydrogens is 224 g/mol. The molecule has 3 N–H and O–H groups in total. The van der Waals surface area contributed by atoms with Crippen LogP contribution in [0.15, 0.2) is 0 Å². The second-order valence-electron chi connectivity index (χ2n) is 4.12. The first-order valence-corrected chi connectivity index (χ1v) is 6.04. The molecule has 0 fully saturated rings. The van der Waals surface area contributed by atoms with Crippen molar-refractivity contribution in [1.82, 2.24) is 5.32 Å². The predicted octanol–water partition coefficient (Wildman–Crippen LogP) is 1.09. The van der Waals surface area contributed by atoms with Crippen molar-refractivity contribution in [2.24, 2.45) is 17.6 Å². The first-order valence-electron chi connectivity index (χ1n) is 5.63. The molecule has 0 aliphatic rings. The zero-order valence-electron chi connectivity index (χ0n) is 10.3. The monoisotopic (exact) mass is 246 g/mol. The summed E-state index contributed by atoms with van der Waals surface area (Å²) in [6.45, 7) is 7.79. The van der Waals surface area contributed by atoms with E-state index >= 15 is 0 Å². The standard InChI is InChI=1S/C11H22N2O2S/c1-4-9(10(12)16)11(14)13-5-6-15-7-8(2)3/h8-9H,4-7H2,1-3H3,(H2,12,16)(H,13,14). The zero-order chi connectivity index (χ0) is 12.6. The van der Waals surface area contributed by atoms with Gasteiger partial charge in [0.05, 0.1) is 17.5 Å². The molecule has 1 amide bonds. The fraction of sp³-hybridized carbons (Fsp3) is 0.818. The molecule has 4 nitrogen and oxygen atoms in total. The molecule has 0 saturated carbocycles. The van der Waals surface area contributed by atoms with E-state index in [0.29, 0.717) is 32.1 Å². The molecule has 0 radical (unpaired) electrons. The highest BCUT2D eigenvalue weighted by atomic mass is 32.1. The largest absolute Gasteiger partial charge is 0.393 e. The summed E-state index contributed by atoms with van der Waals surface area (Å²) in [6.07, 6.45) is 0.633. The maximum absolute atomic E-state index is 11.6. The van der Waals surface area contributed by atoms with Gasteiger partial charge >= 0.3 is 0 Å². The van der Waals surface area contributed by atoms with Crippen molar-refractivity contribution in [3.63, 3.8) is 0 Å². The number of carbonyl (C=O) groups excluding carboxylic acids is 1. The molecule has 0 aliphatic carbocycles. The van der Waals surface area contributed by atoms with Crippen LogP contribution in [0.4, 0.5) is 0 Å². The number of thiocarbonyl (C=S) groups is 1. The van der Waals surface area contributed by atoms with Crippen molar-refractivity contribution >= 4 is 23.1 Å². The summed E-state index contributed by atoms with van der Waals surface area (Å²) in [6, 6.07) is 0.